The van der Waals surface area contributed by atoms with E-state index in [2.05, 4.69) is 5.32 Å². The number of halogens is 1. The predicted octanol–water partition coefficient (Wildman–Crippen LogP) is 4.14. The van der Waals surface area contributed by atoms with Crippen LogP contribution in [-0.4, -0.2) is 11.5 Å². The maximum atomic E-state index is 11.1. The summed E-state index contributed by atoms with van der Waals surface area (Å²) >= 11 is 6.04. The molecule has 0 aliphatic rings. The van der Waals surface area contributed by atoms with E-state index in [1.54, 1.807) is 12.1 Å². The van der Waals surface area contributed by atoms with Gasteiger partial charge in [-0.3, -0.25) is 10.1 Å². The van der Waals surface area contributed by atoms with Crippen LogP contribution in [-0.2, 0) is 6.42 Å². The summed E-state index contributed by atoms with van der Waals surface area (Å²) in [5.41, 5.74) is 1.90. The van der Waals surface area contributed by atoms with Gasteiger partial charge in [0.2, 0.25) is 0 Å². The van der Waals surface area contributed by atoms with Crippen molar-refractivity contribution in [1.29, 1.82) is 0 Å². The molecule has 0 fully saturated rings. The van der Waals surface area contributed by atoms with Crippen LogP contribution in [0.25, 0.3) is 0 Å². The van der Waals surface area contributed by atoms with Crippen LogP contribution in [0.3, 0.4) is 0 Å². The molecule has 4 nitrogen and oxygen atoms in total. The molecule has 0 radical (unpaired) electrons. The lowest BCUT2D eigenvalue weighted by molar-refractivity contribution is -0.385. The highest BCUT2D eigenvalue weighted by atomic mass is 35.5. The zero-order valence-electron chi connectivity index (χ0n) is 11.8. The minimum atomic E-state index is -0.337. The standard InChI is InChI=1S/C16H17ClN2O2/c1-2-18-15(12-7-5-8-14(17)10-12)11-13-6-3-4-9-16(13)19(20)21/h3-10,15,18H,2,11H2,1H3. The van der Waals surface area contributed by atoms with Crippen molar-refractivity contribution < 1.29 is 4.92 Å². The van der Waals surface area contributed by atoms with Gasteiger partial charge in [-0.25, -0.2) is 0 Å². The largest absolute Gasteiger partial charge is 0.310 e. The van der Waals surface area contributed by atoms with Crippen molar-refractivity contribution >= 4 is 17.3 Å². The Balaban J connectivity index is 2.31. The van der Waals surface area contributed by atoms with Crippen LogP contribution in [0.2, 0.25) is 5.02 Å². The van der Waals surface area contributed by atoms with Gasteiger partial charge in [0.1, 0.15) is 0 Å². The molecule has 0 saturated carbocycles. The van der Waals surface area contributed by atoms with E-state index in [1.807, 2.05) is 37.3 Å². The van der Waals surface area contributed by atoms with Crippen LogP contribution in [0, 0.1) is 10.1 Å². The van der Waals surface area contributed by atoms with E-state index in [4.69, 9.17) is 11.6 Å². The molecule has 2 rings (SSSR count). The first-order valence-corrected chi connectivity index (χ1v) is 7.20. The summed E-state index contributed by atoms with van der Waals surface area (Å²) in [5.74, 6) is 0. The molecule has 110 valence electrons. The molecule has 0 amide bonds. The summed E-state index contributed by atoms with van der Waals surface area (Å²) in [4.78, 5) is 10.8. The molecule has 0 spiro atoms. The monoisotopic (exact) mass is 304 g/mol. The topological polar surface area (TPSA) is 55.2 Å². The van der Waals surface area contributed by atoms with E-state index in [9.17, 15) is 10.1 Å². The van der Waals surface area contributed by atoms with Crippen molar-refractivity contribution in [2.75, 3.05) is 6.54 Å². The molecule has 0 heterocycles. The number of nitro benzene ring substituents is 1. The lowest BCUT2D eigenvalue weighted by Gasteiger charge is -2.18. The van der Waals surface area contributed by atoms with E-state index in [1.165, 1.54) is 6.07 Å². The summed E-state index contributed by atoms with van der Waals surface area (Å²) in [6.07, 6.45) is 0.547. The average molecular weight is 305 g/mol. The Bertz CT molecular complexity index is 631. The number of hydrogen-bond donors (Lipinski definition) is 1. The third kappa shape index (κ3) is 4.03. The Kier molecular flexibility index (Phi) is 5.31. The minimum absolute atomic E-state index is 0.00481. The van der Waals surface area contributed by atoms with Gasteiger partial charge in [0.25, 0.3) is 5.69 Å². The molecule has 0 bridgehead atoms. The predicted molar refractivity (Wildman–Crippen MR) is 84.7 cm³/mol. The van der Waals surface area contributed by atoms with Crippen molar-refractivity contribution in [2.24, 2.45) is 0 Å². The quantitative estimate of drug-likeness (QED) is 0.644. The van der Waals surface area contributed by atoms with Crippen LogP contribution < -0.4 is 5.32 Å². The number of hydrogen-bond acceptors (Lipinski definition) is 3. The fourth-order valence-electron chi connectivity index (χ4n) is 2.36. The first-order chi connectivity index (χ1) is 10.1. The van der Waals surface area contributed by atoms with Gasteiger partial charge in [0.15, 0.2) is 0 Å². The maximum Gasteiger partial charge on any atom is 0.272 e. The molecular formula is C16H17ClN2O2. The van der Waals surface area contributed by atoms with Gasteiger partial charge in [-0.1, -0.05) is 48.9 Å². The molecule has 1 N–H and O–H groups in total. The fourth-order valence-corrected chi connectivity index (χ4v) is 2.56. The number of benzene rings is 2. The number of likely N-dealkylation sites (N-methyl/N-ethyl adjacent to an activating group) is 1. The van der Waals surface area contributed by atoms with Crippen molar-refractivity contribution in [3.05, 3.63) is 74.8 Å². The Hall–Kier alpha value is -1.91. The van der Waals surface area contributed by atoms with Crippen molar-refractivity contribution in [3.8, 4) is 0 Å². The number of para-hydroxylation sites is 1. The minimum Gasteiger partial charge on any atom is -0.310 e. The summed E-state index contributed by atoms with van der Waals surface area (Å²) < 4.78 is 0. The Morgan fingerprint density at radius 2 is 2.00 bits per heavy atom. The first kappa shape index (κ1) is 15.5. The summed E-state index contributed by atoms with van der Waals surface area (Å²) in [6, 6.07) is 14.4. The molecule has 1 atom stereocenters. The van der Waals surface area contributed by atoms with Crippen LogP contribution >= 0.6 is 11.6 Å². The van der Waals surface area contributed by atoms with Crippen LogP contribution in [0.4, 0.5) is 5.69 Å². The fraction of sp³-hybridized carbons (Fsp3) is 0.250. The zero-order chi connectivity index (χ0) is 15.2. The number of nitrogens with one attached hydrogen (secondary N) is 1. The average Bonchev–Trinajstić information content (AvgIpc) is 2.47. The highest BCUT2D eigenvalue weighted by Gasteiger charge is 2.18. The van der Waals surface area contributed by atoms with Gasteiger partial charge in [-0.2, -0.15) is 0 Å². The van der Waals surface area contributed by atoms with Gasteiger partial charge in [-0.15, -0.1) is 0 Å². The van der Waals surface area contributed by atoms with Crippen molar-refractivity contribution in [1.82, 2.24) is 5.32 Å². The van der Waals surface area contributed by atoms with Gasteiger partial charge in [0.05, 0.1) is 4.92 Å². The number of nitrogens with zero attached hydrogens (tertiary/aromatic N) is 1. The molecule has 0 saturated heterocycles. The Labute approximate surface area is 128 Å². The molecule has 2 aromatic rings. The van der Waals surface area contributed by atoms with E-state index < -0.39 is 0 Å². The summed E-state index contributed by atoms with van der Waals surface area (Å²) in [5, 5.41) is 15.1. The second-order valence-electron chi connectivity index (χ2n) is 4.76. The van der Waals surface area contributed by atoms with E-state index in [-0.39, 0.29) is 16.7 Å². The summed E-state index contributed by atoms with van der Waals surface area (Å²) in [6.45, 7) is 2.79. The van der Waals surface area contributed by atoms with Gasteiger partial charge < -0.3 is 5.32 Å². The molecule has 2 aromatic carbocycles. The lowest BCUT2D eigenvalue weighted by Crippen LogP contribution is -2.23. The molecule has 21 heavy (non-hydrogen) atoms. The molecule has 1 unspecified atom stereocenters. The van der Waals surface area contributed by atoms with E-state index in [0.29, 0.717) is 17.0 Å². The third-order valence-electron chi connectivity index (χ3n) is 3.31. The maximum absolute atomic E-state index is 11.1. The second-order valence-corrected chi connectivity index (χ2v) is 5.19. The zero-order valence-corrected chi connectivity index (χ0v) is 12.5. The van der Waals surface area contributed by atoms with Crippen LogP contribution in [0.1, 0.15) is 24.1 Å². The number of nitro groups is 1. The van der Waals surface area contributed by atoms with Crippen LogP contribution in [0.15, 0.2) is 48.5 Å². The normalized spacial score (nSPS) is 12.1. The van der Waals surface area contributed by atoms with Crippen molar-refractivity contribution in [3.63, 3.8) is 0 Å². The molecule has 0 aliphatic carbocycles. The first-order valence-electron chi connectivity index (χ1n) is 6.83. The summed E-state index contributed by atoms with van der Waals surface area (Å²) in [7, 11) is 0. The molecule has 5 heteroatoms. The number of rotatable bonds is 6. The van der Waals surface area contributed by atoms with Gasteiger partial charge >= 0.3 is 0 Å². The smallest absolute Gasteiger partial charge is 0.272 e. The Morgan fingerprint density at radius 1 is 1.24 bits per heavy atom. The SMILES string of the molecule is CCNC(Cc1ccccc1[N+](=O)[O-])c1cccc(Cl)c1. The molecule has 0 aliphatic heterocycles. The van der Waals surface area contributed by atoms with Gasteiger partial charge in [-0.05, 0) is 30.7 Å². The van der Waals surface area contributed by atoms with Crippen LogP contribution in [0.5, 0.6) is 0 Å². The highest BCUT2D eigenvalue weighted by molar-refractivity contribution is 6.30. The van der Waals surface area contributed by atoms with Gasteiger partial charge in [0, 0.05) is 22.7 Å². The van der Waals surface area contributed by atoms with Crippen molar-refractivity contribution in [2.45, 2.75) is 19.4 Å². The third-order valence-corrected chi connectivity index (χ3v) is 3.55. The molecular weight excluding hydrogens is 288 g/mol. The molecule has 0 aromatic heterocycles. The highest BCUT2D eigenvalue weighted by Crippen LogP contribution is 2.26. The van der Waals surface area contributed by atoms with E-state index in [0.717, 1.165) is 12.1 Å². The van der Waals surface area contributed by atoms with E-state index >= 15 is 0 Å². The Morgan fingerprint density at radius 3 is 2.67 bits per heavy atom. The lowest BCUT2D eigenvalue weighted by atomic mass is 9.98. The second kappa shape index (κ2) is 7.20.